The summed E-state index contributed by atoms with van der Waals surface area (Å²) in [5, 5.41) is 12.0. The second-order valence-corrected chi connectivity index (χ2v) is 10.1. The Morgan fingerprint density at radius 2 is 1.27 bits per heavy atom. The van der Waals surface area contributed by atoms with Gasteiger partial charge in [0.25, 0.3) is 0 Å². The number of benzene rings is 4. The molecule has 4 amide bonds. The smallest absolute Gasteiger partial charge is 0.330 e. The zero-order chi connectivity index (χ0) is 30.9. The number of urea groups is 1. The summed E-state index contributed by atoms with van der Waals surface area (Å²) < 4.78 is 12.2. The van der Waals surface area contributed by atoms with Crippen LogP contribution in [0.15, 0.2) is 109 Å². The third kappa shape index (κ3) is 7.40. The lowest BCUT2D eigenvalue weighted by atomic mass is 10.1. The van der Waals surface area contributed by atoms with Crippen molar-refractivity contribution in [1.82, 2.24) is 15.1 Å². The van der Waals surface area contributed by atoms with Gasteiger partial charge >= 0.3 is 23.8 Å². The van der Waals surface area contributed by atoms with Crippen molar-refractivity contribution in [2.45, 2.75) is 25.8 Å². The molecular formula is C34H31N3O7. The quantitative estimate of drug-likeness (QED) is 0.245. The molecule has 1 heterocycles. The lowest BCUT2D eigenvalue weighted by molar-refractivity contribution is -0.154. The molecule has 0 aromatic heterocycles. The van der Waals surface area contributed by atoms with E-state index in [9.17, 15) is 24.3 Å². The lowest BCUT2D eigenvalue weighted by Gasteiger charge is -2.33. The minimum absolute atomic E-state index is 0.0769. The molecule has 1 aliphatic rings. The number of nitrogens with zero attached hydrogens (tertiary/aromatic N) is 2. The molecule has 0 unspecified atom stereocenters. The van der Waals surface area contributed by atoms with Crippen LogP contribution >= 0.6 is 0 Å². The first-order chi connectivity index (χ1) is 21.4. The zero-order valence-electron chi connectivity index (χ0n) is 23.8. The van der Waals surface area contributed by atoms with Gasteiger partial charge < -0.3 is 24.8 Å². The van der Waals surface area contributed by atoms with Gasteiger partial charge in [-0.2, -0.15) is 0 Å². The number of carboxylic acid groups (broad SMARTS) is 1. The third-order valence-electron chi connectivity index (χ3n) is 7.06. The SMILES string of the molecule is O=C(O)[C@H](NC(=O)N1CCN(Cc2ccc(OCc3ccccc3)c(OCc3ccccc3)c2)C(=O)C1=O)c1ccccc1. The van der Waals surface area contributed by atoms with E-state index in [1.165, 1.54) is 4.90 Å². The van der Waals surface area contributed by atoms with Crippen molar-refractivity contribution in [3.63, 3.8) is 0 Å². The number of piperazine rings is 1. The predicted molar refractivity (Wildman–Crippen MR) is 160 cm³/mol. The van der Waals surface area contributed by atoms with Crippen LogP contribution in [0.2, 0.25) is 0 Å². The molecule has 0 saturated carbocycles. The number of rotatable bonds is 11. The molecule has 1 aliphatic heterocycles. The Kier molecular flexibility index (Phi) is 9.51. The highest BCUT2D eigenvalue weighted by atomic mass is 16.5. The summed E-state index contributed by atoms with van der Waals surface area (Å²) in [5.74, 6) is -2.17. The molecule has 4 aromatic rings. The first kappa shape index (κ1) is 29.8. The number of carboxylic acids is 1. The summed E-state index contributed by atoms with van der Waals surface area (Å²) in [6, 6.07) is 30.5. The molecule has 0 bridgehead atoms. The van der Waals surface area contributed by atoms with Gasteiger partial charge in [0.2, 0.25) is 0 Å². The highest BCUT2D eigenvalue weighted by Crippen LogP contribution is 2.31. The van der Waals surface area contributed by atoms with Gasteiger partial charge in [-0.25, -0.2) is 9.59 Å². The number of hydrogen-bond donors (Lipinski definition) is 2. The molecule has 0 aliphatic carbocycles. The Balaban J connectivity index is 1.26. The molecule has 1 fully saturated rings. The van der Waals surface area contributed by atoms with Crippen molar-refractivity contribution in [3.05, 3.63) is 131 Å². The molecule has 1 atom stereocenters. The summed E-state index contributed by atoms with van der Waals surface area (Å²) in [7, 11) is 0. The number of ether oxygens (including phenoxy) is 2. The zero-order valence-corrected chi connectivity index (χ0v) is 23.8. The van der Waals surface area contributed by atoms with Crippen molar-refractivity contribution in [3.8, 4) is 11.5 Å². The molecule has 44 heavy (non-hydrogen) atoms. The van der Waals surface area contributed by atoms with Gasteiger partial charge in [0.05, 0.1) is 0 Å². The van der Waals surface area contributed by atoms with Gasteiger partial charge in [-0.1, -0.05) is 97.1 Å². The standard InChI is InChI=1S/C34H31N3O7/c38-31-32(39)37(34(42)35-30(33(40)41)27-14-8-3-9-15-27)19-18-36(31)21-26-16-17-28(43-22-24-10-4-1-5-11-24)29(20-26)44-23-25-12-6-2-7-13-25/h1-17,20,30H,18-19,21-23H2,(H,35,42)(H,40,41)/t30-/m1/s1. The van der Waals surface area contributed by atoms with E-state index in [0.29, 0.717) is 35.8 Å². The number of aliphatic carboxylic acids is 1. The fraction of sp³-hybridized carbons (Fsp3) is 0.176. The van der Waals surface area contributed by atoms with E-state index in [1.54, 1.807) is 48.5 Å². The Hall–Kier alpha value is -5.64. The topological polar surface area (TPSA) is 125 Å². The van der Waals surface area contributed by atoms with Crippen LogP contribution in [0.5, 0.6) is 11.5 Å². The van der Waals surface area contributed by atoms with Crippen molar-refractivity contribution < 1.29 is 33.8 Å². The second-order valence-electron chi connectivity index (χ2n) is 10.1. The summed E-state index contributed by atoms with van der Waals surface area (Å²) in [6.07, 6.45) is 0. The van der Waals surface area contributed by atoms with Crippen molar-refractivity contribution in [1.29, 1.82) is 0 Å². The van der Waals surface area contributed by atoms with Crippen molar-refractivity contribution in [2.24, 2.45) is 0 Å². The summed E-state index contributed by atoms with van der Waals surface area (Å²) in [4.78, 5) is 52.7. The first-order valence-corrected chi connectivity index (χ1v) is 14.0. The monoisotopic (exact) mass is 593 g/mol. The number of hydrogen-bond acceptors (Lipinski definition) is 6. The second kappa shape index (κ2) is 14.0. The Morgan fingerprint density at radius 1 is 0.705 bits per heavy atom. The van der Waals surface area contributed by atoms with Gasteiger partial charge in [0.15, 0.2) is 17.5 Å². The molecule has 0 radical (unpaired) electrons. The van der Waals surface area contributed by atoms with E-state index >= 15 is 0 Å². The summed E-state index contributed by atoms with van der Waals surface area (Å²) in [5.41, 5.74) is 3.01. The van der Waals surface area contributed by atoms with Crippen LogP contribution in [0.25, 0.3) is 0 Å². The number of amides is 4. The van der Waals surface area contributed by atoms with Crippen LogP contribution in [-0.2, 0) is 34.1 Å². The van der Waals surface area contributed by atoms with Gasteiger partial charge in [-0.3, -0.25) is 14.5 Å². The van der Waals surface area contributed by atoms with Crippen LogP contribution in [0.3, 0.4) is 0 Å². The molecule has 5 rings (SSSR count). The first-order valence-electron chi connectivity index (χ1n) is 14.0. The van der Waals surface area contributed by atoms with Crippen LogP contribution in [-0.4, -0.2) is 51.8 Å². The van der Waals surface area contributed by atoms with E-state index in [-0.39, 0.29) is 19.6 Å². The highest BCUT2D eigenvalue weighted by Gasteiger charge is 2.37. The van der Waals surface area contributed by atoms with Crippen LogP contribution in [0, 0.1) is 0 Å². The maximum Gasteiger partial charge on any atom is 0.330 e. The largest absolute Gasteiger partial charge is 0.485 e. The molecule has 224 valence electrons. The number of carbonyl (C=O) groups is 4. The van der Waals surface area contributed by atoms with E-state index < -0.39 is 29.9 Å². The van der Waals surface area contributed by atoms with E-state index in [4.69, 9.17) is 9.47 Å². The molecule has 4 aromatic carbocycles. The van der Waals surface area contributed by atoms with Gasteiger partial charge in [-0.05, 0) is 34.4 Å². The number of carbonyl (C=O) groups excluding carboxylic acids is 3. The third-order valence-corrected chi connectivity index (χ3v) is 7.06. The van der Waals surface area contributed by atoms with Crippen LogP contribution in [0.4, 0.5) is 4.79 Å². The van der Waals surface area contributed by atoms with E-state index in [2.05, 4.69) is 5.32 Å². The van der Waals surface area contributed by atoms with E-state index in [1.807, 2.05) is 60.7 Å². The Morgan fingerprint density at radius 3 is 1.86 bits per heavy atom. The highest BCUT2D eigenvalue weighted by molar-refractivity contribution is 6.38. The van der Waals surface area contributed by atoms with Crippen molar-refractivity contribution in [2.75, 3.05) is 13.1 Å². The van der Waals surface area contributed by atoms with Crippen LogP contribution in [0.1, 0.15) is 28.3 Å². The predicted octanol–water partition coefficient (Wildman–Crippen LogP) is 4.55. The molecule has 10 heteroatoms. The maximum absolute atomic E-state index is 13.0. The molecule has 2 N–H and O–H groups in total. The fourth-order valence-corrected chi connectivity index (χ4v) is 4.73. The van der Waals surface area contributed by atoms with Crippen molar-refractivity contribution >= 4 is 23.8 Å². The molecule has 0 spiro atoms. The average molecular weight is 594 g/mol. The minimum atomic E-state index is -1.37. The average Bonchev–Trinajstić information content (AvgIpc) is 3.05. The lowest BCUT2D eigenvalue weighted by Crippen LogP contribution is -2.58. The van der Waals surface area contributed by atoms with Crippen LogP contribution < -0.4 is 14.8 Å². The number of imide groups is 1. The summed E-state index contributed by atoms with van der Waals surface area (Å²) in [6.45, 7) is 0.729. The van der Waals surface area contributed by atoms with Gasteiger partial charge in [0.1, 0.15) is 13.2 Å². The maximum atomic E-state index is 13.0. The Bertz CT molecular complexity index is 1610. The van der Waals surface area contributed by atoms with E-state index in [0.717, 1.165) is 16.0 Å². The fourth-order valence-electron chi connectivity index (χ4n) is 4.73. The Labute approximate surface area is 254 Å². The minimum Gasteiger partial charge on any atom is -0.485 e. The molecular weight excluding hydrogens is 562 g/mol. The molecule has 1 saturated heterocycles. The van der Waals surface area contributed by atoms with Gasteiger partial charge in [0, 0.05) is 19.6 Å². The molecule has 10 nitrogen and oxygen atoms in total. The van der Waals surface area contributed by atoms with Gasteiger partial charge in [-0.15, -0.1) is 0 Å². The number of nitrogens with one attached hydrogen (secondary N) is 1. The summed E-state index contributed by atoms with van der Waals surface area (Å²) >= 11 is 0. The normalized spacial score (nSPS) is 13.7.